The summed E-state index contributed by atoms with van der Waals surface area (Å²) in [5, 5.41) is 12.8. The van der Waals surface area contributed by atoms with Gasteiger partial charge in [-0.3, -0.25) is 4.98 Å². The number of nitrogens with one attached hydrogen (secondary N) is 1. The number of para-hydroxylation sites is 1. The highest BCUT2D eigenvalue weighted by atomic mass is 19.4. The molecule has 0 aliphatic heterocycles. The van der Waals surface area contributed by atoms with E-state index in [4.69, 9.17) is 0 Å². The zero-order chi connectivity index (χ0) is 18.9. The molecular weight excluding hydrogens is 346 g/mol. The Balaban J connectivity index is 1.98. The number of nitrogens with zero attached hydrogens (tertiary/aromatic N) is 2. The lowest BCUT2D eigenvalue weighted by Crippen LogP contribution is -2.11. The highest BCUT2D eigenvalue weighted by Crippen LogP contribution is 2.33. The smallest absolute Gasteiger partial charge is 0.380 e. The molecule has 0 atom stereocenters. The highest BCUT2D eigenvalue weighted by molar-refractivity contribution is 5.94. The summed E-state index contributed by atoms with van der Waals surface area (Å²) in [6.07, 6.45) is -4.75. The Kier molecular flexibility index (Phi) is 4.51. The van der Waals surface area contributed by atoms with Crippen molar-refractivity contribution in [3.8, 4) is 6.07 Å². The third-order valence-corrected chi connectivity index (χ3v) is 3.94. The van der Waals surface area contributed by atoms with Crippen LogP contribution in [0.2, 0.25) is 0 Å². The Morgan fingerprint density at radius 2 is 1.88 bits per heavy atom. The second-order valence-electron chi connectivity index (χ2n) is 5.75. The third-order valence-electron chi connectivity index (χ3n) is 3.94. The highest BCUT2D eigenvalue weighted by Gasteiger charge is 2.34. The average molecular weight is 359 g/mol. The third kappa shape index (κ3) is 3.31. The van der Waals surface area contributed by atoms with Crippen molar-refractivity contribution in [1.29, 1.82) is 5.26 Å². The van der Waals surface area contributed by atoms with Crippen LogP contribution >= 0.6 is 0 Å². The molecule has 3 rings (SSSR count). The Hall–Kier alpha value is -3.14. The Morgan fingerprint density at radius 3 is 2.58 bits per heavy atom. The first kappa shape index (κ1) is 17.7. The number of anilines is 1. The number of hydrogen-bond donors (Lipinski definition) is 1. The van der Waals surface area contributed by atoms with Crippen molar-refractivity contribution in [3.63, 3.8) is 0 Å². The minimum absolute atomic E-state index is 0.0983. The quantitative estimate of drug-likeness (QED) is 0.655. The second-order valence-corrected chi connectivity index (χ2v) is 5.75. The molecule has 132 valence electrons. The molecule has 0 fully saturated rings. The van der Waals surface area contributed by atoms with E-state index in [-0.39, 0.29) is 12.1 Å². The maximum Gasteiger partial charge on any atom is 0.419 e. The lowest BCUT2D eigenvalue weighted by Gasteiger charge is -2.14. The molecule has 3 aromatic rings. The topological polar surface area (TPSA) is 48.7 Å². The maximum absolute atomic E-state index is 14.2. The first-order valence-electron chi connectivity index (χ1n) is 7.70. The molecule has 0 unspecified atom stereocenters. The van der Waals surface area contributed by atoms with E-state index >= 15 is 0 Å². The van der Waals surface area contributed by atoms with Gasteiger partial charge in [0.25, 0.3) is 0 Å². The van der Waals surface area contributed by atoms with Crippen molar-refractivity contribution in [3.05, 3.63) is 70.7 Å². The zero-order valence-corrected chi connectivity index (χ0v) is 13.7. The summed E-state index contributed by atoms with van der Waals surface area (Å²) >= 11 is 0. The predicted octanol–water partition coefficient (Wildman–Crippen LogP) is 5.18. The van der Waals surface area contributed by atoms with Crippen LogP contribution in [0.15, 0.2) is 42.5 Å². The SMILES string of the molecule is Cc1cc(NCc2cccc(C(F)(F)F)c2F)c2cccc(C#N)c2n1. The van der Waals surface area contributed by atoms with E-state index in [1.807, 2.05) is 0 Å². The van der Waals surface area contributed by atoms with Crippen LogP contribution in [0.5, 0.6) is 0 Å². The van der Waals surface area contributed by atoms with Crippen molar-refractivity contribution in [1.82, 2.24) is 4.98 Å². The number of nitriles is 1. The summed E-state index contributed by atoms with van der Waals surface area (Å²) in [6, 6.07) is 12.0. The molecule has 1 aromatic heterocycles. The number of alkyl halides is 3. The second kappa shape index (κ2) is 6.64. The number of fused-ring (bicyclic) bond motifs is 1. The summed E-state index contributed by atoms with van der Waals surface area (Å²) in [5.74, 6) is -1.29. The summed E-state index contributed by atoms with van der Waals surface area (Å²) in [5.41, 5.74) is 0.688. The number of aryl methyl sites for hydroxylation is 1. The van der Waals surface area contributed by atoms with Crippen LogP contribution in [0.1, 0.15) is 22.4 Å². The lowest BCUT2D eigenvalue weighted by molar-refractivity contribution is -0.140. The van der Waals surface area contributed by atoms with Gasteiger partial charge >= 0.3 is 6.18 Å². The average Bonchev–Trinajstić information content (AvgIpc) is 2.59. The van der Waals surface area contributed by atoms with Crippen LogP contribution in [0, 0.1) is 24.1 Å². The molecule has 0 bridgehead atoms. The number of halogens is 4. The number of pyridine rings is 1. The first-order valence-corrected chi connectivity index (χ1v) is 7.70. The van der Waals surface area contributed by atoms with Crippen LogP contribution in [0.3, 0.4) is 0 Å². The maximum atomic E-state index is 14.2. The van der Waals surface area contributed by atoms with Gasteiger partial charge in [-0.25, -0.2) is 4.39 Å². The minimum atomic E-state index is -4.75. The largest absolute Gasteiger partial charge is 0.419 e. The molecule has 0 amide bonds. The van der Waals surface area contributed by atoms with Crippen molar-refractivity contribution in [2.24, 2.45) is 0 Å². The fourth-order valence-corrected chi connectivity index (χ4v) is 2.74. The van der Waals surface area contributed by atoms with Crippen molar-refractivity contribution in [2.75, 3.05) is 5.32 Å². The van der Waals surface area contributed by atoms with E-state index in [0.29, 0.717) is 33.9 Å². The van der Waals surface area contributed by atoms with Gasteiger partial charge in [0.1, 0.15) is 11.9 Å². The number of hydrogen-bond acceptors (Lipinski definition) is 3. The van der Waals surface area contributed by atoms with Crippen molar-refractivity contribution >= 4 is 16.6 Å². The van der Waals surface area contributed by atoms with Crippen LogP contribution in [0.25, 0.3) is 10.9 Å². The van der Waals surface area contributed by atoms with Gasteiger partial charge in [-0.05, 0) is 25.1 Å². The zero-order valence-electron chi connectivity index (χ0n) is 13.7. The van der Waals surface area contributed by atoms with E-state index in [1.54, 1.807) is 31.2 Å². The lowest BCUT2D eigenvalue weighted by atomic mass is 10.1. The van der Waals surface area contributed by atoms with Crippen LogP contribution in [-0.2, 0) is 12.7 Å². The van der Waals surface area contributed by atoms with Gasteiger partial charge in [-0.2, -0.15) is 18.4 Å². The summed E-state index contributed by atoms with van der Waals surface area (Å²) in [6.45, 7) is 1.61. The molecular formula is C19H13F4N3. The van der Waals surface area contributed by atoms with Crippen LogP contribution in [0.4, 0.5) is 23.2 Å². The van der Waals surface area contributed by atoms with Gasteiger partial charge in [0.05, 0.1) is 16.6 Å². The van der Waals surface area contributed by atoms with E-state index in [1.165, 1.54) is 12.1 Å². The number of aromatic nitrogens is 1. The Morgan fingerprint density at radius 1 is 1.15 bits per heavy atom. The molecule has 0 aliphatic carbocycles. The molecule has 7 heteroatoms. The summed E-state index contributed by atoms with van der Waals surface area (Å²) in [4.78, 5) is 4.34. The van der Waals surface area contributed by atoms with Gasteiger partial charge in [-0.15, -0.1) is 0 Å². The van der Waals surface area contributed by atoms with Crippen molar-refractivity contribution in [2.45, 2.75) is 19.6 Å². The molecule has 1 N–H and O–H groups in total. The van der Waals surface area contributed by atoms with Gasteiger partial charge in [-0.1, -0.05) is 24.3 Å². The minimum Gasteiger partial charge on any atom is -0.380 e. The van der Waals surface area contributed by atoms with Crippen LogP contribution in [-0.4, -0.2) is 4.98 Å². The van der Waals surface area contributed by atoms with E-state index < -0.39 is 17.6 Å². The molecule has 0 radical (unpaired) electrons. The molecule has 0 saturated heterocycles. The molecule has 1 heterocycles. The molecule has 0 aliphatic rings. The van der Waals surface area contributed by atoms with Gasteiger partial charge in [0, 0.05) is 28.9 Å². The molecule has 0 spiro atoms. The van der Waals surface area contributed by atoms with Gasteiger partial charge in [0.15, 0.2) is 0 Å². The van der Waals surface area contributed by atoms with E-state index in [9.17, 15) is 22.8 Å². The molecule has 26 heavy (non-hydrogen) atoms. The number of rotatable bonds is 3. The summed E-state index contributed by atoms with van der Waals surface area (Å²) < 4.78 is 52.7. The van der Waals surface area contributed by atoms with E-state index in [2.05, 4.69) is 16.4 Å². The fraction of sp³-hybridized carbons (Fsp3) is 0.158. The van der Waals surface area contributed by atoms with Gasteiger partial charge < -0.3 is 5.32 Å². The molecule has 2 aromatic carbocycles. The fourth-order valence-electron chi connectivity index (χ4n) is 2.74. The van der Waals surface area contributed by atoms with Crippen LogP contribution < -0.4 is 5.32 Å². The molecule has 0 saturated carbocycles. The summed E-state index contributed by atoms with van der Waals surface area (Å²) in [7, 11) is 0. The van der Waals surface area contributed by atoms with Crippen molar-refractivity contribution < 1.29 is 17.6 Å². The molecule has 3 nitrogen and oxygen atoms in total. The number of benzene rings is 2. The Labute approximate surface area is 146 Å². The predicted molar refractivity (Wildman–Crippen MR) is 89.9 cm³/mol. The monoisotopic (exact) mass is 359 g/mol. The van der Waals surface area contributed by atoms with Gasteiger partial charge in [0.2, 0.25) is 0 Å². The van der Waals surface area contributed by atoms with E-state index in [0.717, 1.165) is 0 Å². The normalized spacial score (nSPS) is 11.4. The Bertz CT molecular complexity index is 1020. The standard InChI is InChI=1S/C19H13F4N3/c1-11-8-16(14-6-2-4-12(9-24)18(14)26-11)25-10-13-5-3-7-15(17(13)20)19(21,22)23/h2-8H,10H2,1H3,(H,25,26). The first-order chi connectivity index (χ1) is 12.3.